The number of benzene rings is 3. The Balaban J connectivity index is 1.77. The van der Waals surface area contributed by atoms with Gasteiger partial charge in [-0.25, -0.2) is 18.6 Å². The van der Waals surface area contributed by atoms with E-state index in [-0.39, 0.29) is 22.8 Å². The molecule has 0 aliphatic rings. The van der Waals surface area contributed by atoms with Gasteiger partial charge in [-0.05, 0) is 41.8 Å². The number of amides is 1. The van der Waals surface area contributed by atoms with E-state index in [1.807, 2.05) is 30.3 Å². The van der Waals surface area contributed by atoms with E-state index in [0.717, 1.165) is 9.87 Å². The van der Waals surface area contributed by atoms with E-state index in [1.54, 1.807) is 0 Å². The summed E-state index contributed by atoms with van der Waals surface area (Å²) < 4.78 is 38.5. The summed E-state index contributed by atoms with van der Waals surface area (Å²) in [6, 6.07) is 19.4. The monoisotopic (exact) mass is 525 g/mol. The fourth-order valence-corrected chi connectivity index (χ4v) is 4.81. The van der Waals surface area contributed by atoms with Crippen LogP contribution in [-0.2, 0) is 21.2 Å². The molecule has 2 N–H and O–H groups in total. The van der Waals surface area contributed by atoms with Gasteiger partial charge in [-0.2, -0.15) is 9.41 Å². The van der Waals surface area contributed by atoms with Crippen LogP contribution in [-0.4, -0.2) is 63.2 Å². The molecule has 0 radical (unpaired) electrons. The number of methoxy groups -OCH3 is 2. The highest BCUT2D eigenvalue weighted by atomic mass is 32.2. The largest absolute Gasteiger partial charge is 0.493 e. The summed E-state index contributed by atoms with van der Waals surface area (Å²) in [6.45, 7) is -0.423. The van der Waals surface area contributed by atoms with E-state index in [0.29, 0.717) is 17.7 Å². The van der Waals surface area contributed by atoms with Crippen molar-refractivity contribution in [2.75, 3.05) is 27.3 Å². The van der Waals surface area contributed by atoms with E-state index < -0.39 is 28.4 Å². The Kier molecular flexibility index (Phi) is 9.36. The zero-order valence-electron chi connectivity index (χ0n) is 20.3. The van der Waals surface area contributed by atoms with E-state index >= 15 is 0 Å². The number of hydrazone groups is 1. The Bertz CT molecular complexity index is 1360. The van der Waals surface area contributed by atoms with Crippen molar-refractivity contribution in [3.05, 3.63) is 89.5 Å². The molecule has 0 aliphatic carbocycles. The molecule has 0 aliphatic heterocycles. The fraction of sp³-hybridized carbons (Fsp3) is 0.192. The number of carbonyl (C=O) groups excluding carboxylic acids is 1. The Hall–Kier alpha value is -4.22. The minimum atomic E-state index is -4.08. The molecule has 3 rings (SSSR count). The van der Waals surface area contributed by atoms with Gasteiger partial charge in [0.1, 0.15) is 0 Å². The molecule has 0 aromatic heterocycles. The minimum Gasteiger partial charge on any atom is -0.493 e. The molecule has 0 unspecified atom stereocenters. The molecule has 194 valence electrons. The Labute approximate surface area is 215 Å². The van der Waals surface area contributed by atoms with Crippen LogP contribution in [0.4, 0.5) is 0 Å². The number of sulfonamides is 1. The lowest BCUT2D eigenvalue weighted by Gasteiger charge is -2.22. The maximum atomic E-state index is 13.5. The van der Waals surface area contributed by atoms with Crippen molar-refractivity contribution in [1.82, 2.24) is 9.73 Å². The minimum absolute atomic E-state index is 0.0481. The van der Waals surface area contributed by atoms with Gasteiger partial charge in [-0.3, -0.25) is 4.79 Å². The summed E-state index contributed by atoms with van der Waals surface area (Å²) in [5.74, 6) is -1.08. The van der Waals surface area contributed by atoms with Crippen LogP contribution in [0.5, 0.6) is 11.5 Å². The second-order valence-corrected chi connectivity index (χ2v) is 9.75. The molecule has 3 aromatic rings. The Morgan fingerprint density at radius 2 is 1.65 bits per heavy atom. The quantitative estimate of drug-likeness (QED) is 0.274. The molecule has 3 aromatic carbocycles. The Morgan fingerprint density at radius 3 is 2.27 bits per heavy atom. The third-order valence-electron chi connectivity index (χ3n) is 5.37. The van der Waals surface area contributed by atoms with Crippen LogP contribution >= 0.6 is 0 Å². The summed E-state index contributed by atoms with van der Waals surface area (Å²) in [6.07, 6.45) is 1.72. The summed E-state index contributed by atoms with van der Waals surface area (Å²) in [5.41, 5.74) is 3.92. The predicted molar refractivity (Wildman–Crippen MR) is 138 cm³/mol. The number of carboxylic acid groups (broad SMARTS) is 1. The van der Waals surface area contributed by atoms with E-state index in [2.05, 4.69) is 10.5 Å². The molecule has 10 nitrogen and oxygen atoms in total. The normalized spacial score (nSPS) is 11.4. The molecule has 37 heavy (non-hydrogen) atoms. The molecular weight excluding hydrogens is 498 g/mol. The van der Waals surface area contributed by atoms with E-state index in [9.17, 15) is 18.0 Å². The molecule has 0 saturated carbocycles. The summed E-state index contributed by atoms with van der Waals surface area (Å²) >= 11 is 0. The van der Waals surface area contributed by atoms with E-state index in [1.165, 1.54) is 62.9 Å². The second kappa shape index (κ2) is 12.7. The van der Waals surface area contributed by atoms with Crippen molar-refractivity contribution in [2.24, 2.45) is 5.10 Å². The summed E-state index contributed by atoms with van der Waals surface area (Å²) in [4.78, 5) is 23.6. The van der Waals surface area contributed by atoms with Crippen LogP contribution in [0.15, 0.2) is 82.8 Å². The first kappa shape index (κ1) is 27.4. The zero-order valence-corrected chi connectivity index (χ0v) is 21.1. The number of ether oxygens (including phenoxy) is 2. The lowest BCUT2D eigenvalue weighted by molar-refractivity contribution is -0.121. The number of nitrogens with one attached hydrogen (secondary N) is 1. The highest BCUT2D eigenvalue weighted by Gasteiger charge is 2.27. The van der Waals surface area contributed by atoms with Crippen LogP contribution in [0.1, 0.15) is 21.5 Å². The molecule has 0 saturated heterocycles. The van der Waals surface area contributed by atoms with Gasteiger partial charge in [0.05, 0.1) is 37.4 Å². The number of hydrogen-bond acceptors (Lipinski definition) is 7. The van der Waals surface area contributed by atoms with Gasteiger partial charge in [0.2, 0.25) is 10.0 Å². The van der Waals surface area contributed by atoms with Gasteiger partial charge in [-0.1, -0.05) is 42.5 Å². The van der Waals surface area contributed by atoms with Crippen LogP contribution in [0.3, 0.4) is 0 Å². The Morgan fingerprint density at radius 1 is 0.973 bits per heavy atom. The van der Waals surface area contributed by atoms with Gasteiger partial charge in [0.25, 0.3) is 5.91 Å². The van der Waals surface area contributed by atoms with Crippen molar-refractivity contribution in [3.63, 3.8) is 0 Å². The lowest BCUT2D eigenvalue weighted by Crippen LogP contribution is -2.40. The molecule has 0 bridgehead atoms. The molecule has 0 heterocycles. The molecular formula is C26H27N3O7S. The average molecular weight is 526 g/mol. The first-order valence-corrected chi connectivity index (χ1v) is 12.6. The van der Waals surface area contributed by atoms with Crippen LogP contribution in [0.2, 0.25) is 0 Å². The van der Waals surface area contributed by atoms with Crippen LogP contribution in [0, 0.1) is 0 Å². The topological polar surface area (TPSA) is 135 Å². The van der Waals surface area contributed by atoms with Crippen molar-refractivity contribution < 1.29 is 32.6 Å². The number of aromatic carboxylic acids is 1. The zero-order chi connectivity index (χ0) is 26.8. The molecule has 0 fully saturated rings. The first-order valence-electron chi connectivity index (χ1n) is 11.2. The van der Waals surface area contributed by atoms with Crippen LogP contribution in [0.25, 0.3) is 0 Å². The number of rotatable bonds is 12. The van der Waals surface area contributed by atoms with Gasteiger partial charge in [0.15, 0.2) is 11.5 Å². The second-order valence-electron chi connectivity index (χ2n) is 7.81. The smallest absolute Gasteiger partial charge is 0.335 e. The number of carbonyl (C=O) groups is 2. The van der Waals surface area contributed by atoms with Crippen molar-refractivity contribution in [1.29, 1.82) is 0 Å². The van der Waals surface area contributed by atoms with Crippen LogP contribution < -0.4 is 14.9 Å². The van der Waals surface area contributed by atoms with Crippen molar-refractivity contribution >= 4 is 28.1 Å². The highest BCUT2D eigenvalue weighted by molar-refractivity contribution is 7.89. The van der Waals surface area contributed by atoms with Gasteiger partial charge in [0, 0.05) is 12.6 Å². The van der Waals surface area contributed by atoms with Gasteiger partial charge < -0.3 is 14.6 Å². The SMILES string of the molecule is COc1ccc(S(=O)(=O)N(CCc2ccccc2)CC(=O)N/N=C\c2ccc(C(=O)O)cc2)cc1OC. The third-order valence-corrected chi connectivity index (χ3v) is 7.21. The molecule has 0 atom stereocenters. The number of nitrogens with zero attached hydrogens (tertiary/aromatic N) is 2. The van der Waals surface area contributed by atoms with Gasteiger partial charge >= 0.3 is 5.97 Å². The van der Waals surface area contributed by atoms with Crippen molar-refractivity contribution in [2.45, 2.75) is 11.3 Å². The maximum absolute atomic E-state index is 13.5. The number of hydrogen-bond donors (Lipinski definition) is 2. The molecule has 0 spiro atoms. The maximum Gasteiger partial charge on any atom is 0.335 e. The average Bonchev–Trinajstić information content (AvgIpc) is 2.91. The number of carboxylic acids is 1. The molecule has 1 amide bonds. The summed E-state index contributed by atoms with van der Waals surface area (Å²) in [7, 11) is -1.23. The summed E-state index contributed by atoms with van der Waals surface area (Å²) in [5, 5.41) is 12.8. The van der Waals surface area contributed by atoms with Gasteiger partial charge in [-0.15, -0.1) is 0 Å². The molecule has 11 heteroatoms. The lowest BCUT2D eigenvalue weighted by atomic mass is 10.1. The van der Waals surface area contributed by atoms with Crippen molar-refractivity contribution in [3.8, 4) is 11.5 Å². The first-order chi connectivity index (χ1) is 17.7. The standard InChI is InChI=1S/C26H27N3O7S/c1-35-23-13-12-22(16-24(23)36-2)37(33,34)29(15-14-19-6-4-3-5-7-19)18-25(30)28-27-17-20-8-10-21(11-9-20)26(31)32/h3-13,16-17H,14-15,18H2,1-2H3,(H,28,30)(H,31,32)/b27-17-. The predicted octanol–water partition coefficient (Wildman–Crippen LogP) is 2.79. The highest BCUT2D eigenvalue weighted by Crippen LogP contribution is 2.30. The van der Waals surface area contributed by atoms with E-state index in [4.69, 9.17) is 14.6 Å². The fourth-order valence-electron chi connectivity index (χ4n) is 3.39. The third kappa shape index (κ3) is 7.38.